The summed E-state index contributed by atoms with van der Waals surface area (Å²) in [5, 5.41) is 0. The maximum atomic E-state index is 13.3. The summed E-state index contributed by atoms with van der Waals surface area (Å²) in [4.78, 5) is 52.3. The molecule has 0 atom stereocenters. The van der Waals surface area contributed by atoms with E-state index < -0.39 is 23.9 Å². The summed E-state index contributed by atoms with van der Waals surface area (Å²) in [6, 6.07) is 15.2. The van der Waals surface area contributed by atoms with Gasteiger partial charge in [-0.25, -0.2) is 9.59 Å². The third kappa shape index (κ3) is 14.5. The van der Waals surface area contributed by atoms with Crippen LogP contribution in [0.5, 0.6) is 34.5 Å². The summed E-state index contributed by atoms with van der Waals surface area (Å²) in [5.41, 5.74) is 0.390. The zero-order valence-electron chi connectivity index (χ0n) is 30.3. The molecule has 0 aliphatic carbocycles. The predicted molar refractivity (Wildman–Crippen MR) is 199 cm³/mol. The molecular formula is C42H50O10. The van der Waals surface area contributed by atoms with Crippen LogP contribution in [0.2, 0.25) is 0 Å². The minimum absolute atomic E-state index is 0.0428. The third-order valence-electron chi connectivity index (χ3n) is 7.65. The zero-order chi connectivity index (χ0) is 37.6. The van der Waals surface area contributed by atoms with Gasteiger partial charge in [0, 0.05) is 25.0 Å². The lowest BCUT2D eigenvalue weighted by Gasteiger charge is -2.16. The van der Waals surface area contributed by atoms with E-state index in [1.165, 1.54) is 12.1 Å². The molecule has 0 aliphatic heterocycles. The summed E-state index contributed by atoms with van der Waals surface area (Å²) < 4.78 is 34.1. The van der Waals surface area contributed by atoms with Crippen LogP contribution in [0, 0.1) is 0 Å². The average molecular weight is 715 g/mol. The van der Waals surface area contributed by atoms with Crippen LogP contribution in [0.3, 0.4) is 0 Å². The summed E-state index contributed by atoms with van der Waals surface area (Å²) in [6.07, 6.45) is 11.7. The van der Waals surface area contributed by atoms with Crippen molar-refractivity contribution in [2.24, 2.45) is 0 Å². The van der Waals surface area contributed by atoms with E-state index in [2.05, 4.69) is 27.0 Å². The molecular weight excluding hydrogens is 664 g/mol. The van der Waals surface area contributed by atoms with Gasteiger partial charge in [-0.1, -0.05) is 51.7 Å². The first-order valence-electron chi connectivity index (χ1n) is 18.0. The molecule has 0 bridgehead atoms. The van der Waals surface area contributed by atoms with Crippen LogP contribution >= 0.6 is 0 Å². The lowest BCUT2D eigenvalue weighted by molar-refractivity contribution is -0.135. The molecule has 3 rings (SSSR count). The number of rotatable bonds is 24. The van der Waals surface area contributed by atoms with Crippen molar-refractivity contribution in [3.05, 3.63) is 97.1 Å². The molecule has 0 fully saturated rings. The van der Waals surface area contributed by atoms with Crippen LogP contribution in [0.4, 0.5) is 0 Å². The summed E-state index contributed by atoms with van der Waals surface area (Å²) in [7, 11) is 0. The Morgan fingerprint density at radius 2 is 0.885 bits per heavy atom. The molecule has 0 aliphatic rings. The van der Waals surface area contributed by atoms with Crippen molar-refractivity contribution in [2.75, 3.05) is 13.2 Å². The van der Waals surface area contributed by atoms with Gasteiger partial charge in [0.2, 0.25) is 0 Å². The molecule has 278 valence electrons. The van der Waals surface area contributed by atoms with Gasteiger partial charge in [0.25, 0.3) is 0 Å². The number of ether oxygens (including phenoxy) is 6. The summed E-state index contributed by atoms with van der Waals surface area (Å²) >= 11 is 0. The normalized spacial score (nSPS) is 10.5. The highest BCUT2D eigenvalue weighted by Gasteiger charge is 2.24. The van der Waals surface area contributed by atoms with E-state index in [1.54, 1.807) is 60.7 Å². The quantitative estimate of drug-likeness (QED) is 0.0383. The van der Waals surface area contributed by atoms with Gasteiger partial charge in [-0.2, -0.15) is 0 Å². The van der Waals surface area contributed by atoms with Crippen LogP contribution in [0.25, 0.3) is 0 Å². The lowest BCUT2D eigenvalue weighted by atomic mass is 10.2. The first-order chi connectivity index (χ1) is 25.3. The second-order valence-corrected chi connectivity index (χ2v) is 12.0. The van der Waals surface area contributed by atoms with Gasteiger partial charge in [-0.3, -0.25) is 9.59 Å². The maximum Gasteiger partial charge on any atom is 0.343 e. The molecule has 10 heteroatoms. The summed E-state index contributed by atoms with van der Waals surface area (Å²) in [5.74, 6) is -2.44. The molecule has 0 aromatic heterocycles. The Kier molecular flexibility index (Phi) is 18.3. The van der Waals surface area contributed by atoms with Gasteiger partial charge >= 0.3 is 23.9 Å². The molecule has 52 heavy (non-hydrogen) atoms. The second-order valence-electron chi connectivity index (χ2n) is 12.0. The van der Waals surface area contributed by atoms with Crippen molar-refractivity contribution in [3.63, 3.8) is 0 Å². The predicted octanol–water partition coefficient (Wildman–Crippen LogP) is 9.79. The molecule has 0 unspecified atom stereocenters. The fraction of sp³-hybridized carbons (Fsp3) is 0.381. The number of hydrogen-bond acceptors (Lipinski definition) is 10. The maximum absolute atomic E-state index is 13.3. The molecule has 3 aromatic rings. The number of carbonyl (C=O) groups is 4. The summed E-state index contributed by atoms with van der Waals surface area (Å²) in [6.45, 7) is 12.7. The minimum Gasteiger partial charge on any atom is -0.494 e. The molecule has 0 N–H and O–H groups in total. The molecule has 3 aromatic carbocycles. The second kappa shape index (κ2) is 23.2. The van der Waals surface area contributed by atoms with Crippen LogP contribution in [0.1, 0.15) is 112 Å². The fourth-order valence-corrected chi connectivity index (χ4v) is 4.75. The highest BCUT2D eigenvalue weighted by atomic mass is 16.6. The smallest absolute Gasteiger partial charge is 0.343 e. The largest absolute Gasteiger partial charge is 0.494 e. The Bertz CT molecular complexity index is 1490. The van der Waals surface area contributed by atoms with Gasteiger partial charge in [0.05, 0.1) is 24.3 Å². The Morgan fingerprint density at radius 3 is 1.23 bits per heavy atom. The van der Waals surface area contributed by atoms with E-state index in [0.717, 1.165) is 38.5 Å². The van der Waals surface area contributed by atoms with Crippen molar-refractivity contribution in [1.82, 2.24) is 0 Å². The van der Waals surface area contributed by atoms with E-state index in [1.807, 2.05) is 0 Å². The van der Waals surface area contributed by atoms with Crippen LogP contribution in [-0.2, 0) is 9.59 Å². The van der Waals surface area contributed by atoms with Crippen molar-refractivity contribution in [1.29, 1.82) is 0 Å². The Labute approximate surface area is 306 Å². The third-order valence-corrected chi connectivity index (χ3v) is 7.65. The first-order valence-corrected chi connectivity index (χ1v) is 18.0. The van der Waals surface area contributed by atoms with Crippen LogP contribution in [-0.4, -0.2) is 37.1 Å². The van der Waals surface area contributed by atoms with Crippen LogP contribution < -0.4 is 28.4 Å². The molecule has 0 spiro atoms. The number of hydrogen-bond donors (Lipinski definition) is 0. The van der Waals surface area contributed by atoms with Crippen molar-refractivity contribution >= 4 is 23.9 Å². The van der Waals surface area contributed by atoms with Gasteiger partial charge in [-0.05, 0) is 87.1 Å². The minimum atomic E-state index is -0.772. The SMILES string of the molecule is C=CCCCC(=O)Oc1cc(OC(=O)c2ccc(OCCCCC)cc2)c(OC(=O)CCCC=C)cc1OC(=O)c1ccc(OCCCCC)cc1. The van der Waals surface area contributed by atoms with Crippen molar-refractivity contribution in [3.8, 4) is 34.5 Å². The standard InChI is InChI=1S/C42H50O10/c1-5-9-13-17-39(43)49-35-29-38(52-42(46)32-21-25-34(26-22-32)48-28-16-12-8-4)36(50-40(44)18-14-10-6-2)30-37(35)51-41(45)31-19-23-33(24-20-31)47-27-15-11-7-3/h5-6,19-26,29-30H,1-2,7-18,27-28H2,3-4H3. The highest BCUT2D eigenvalue weighted by Crippen LogP contribution is 2.41. The lowest BCUT2D eigenvalue weighted by Crippen LogP contribution is -2.15. The van der Waals surface area contributed by atoms with E-state index in [0.29, 0.717) is 50.4 Å². The first kappa shape index (κ1) is 41.0. The number of benzene rings is 3. The zero-order valence-corrected chi connectivity index (χ0v) is 30.3. The molecule has 10 nitrogen and oxygen atoms in total. The number of allylic oxidation sites excluding steroid dienone is 2. The number of unbranched alkanes of at least 4 members (excludes halogenated alkanes) is 6. The van der Waals surface area contributed by atoms with E-state index in [4.69, 9.17) is 28.4 Å². The van der Waals surface area contributed by atoms with Gasteiger partial charge in [0.1, 0.15) is 11.5 Å². The number of esters is 4. The van der Waals surface area contributed by atoms with Gasteiger partial charge in [-0.15, -0.1) is 13.2 Å². The highest BCUT2D eigenvalue weighted by molar-refractivity contribution is 5.93. The average Bonchev–Trinajstić information content (AvgIpc) is 3.14. The van der Waals surface area contributed by atoms with E-state index >= 15 is 0 Å². The van der Waals surface area contributed by atoms with Gasteiger partial charge < -0.3 is 28.4 Å². The Hall–Kier alpha value is -5.38. The van der Waals surface area contributed by atoms with E-state index in [9.17, 15) is 19.2 Å². The Balaban J connectivity index is 1.93. The Morgan fingerprint density at radius 1 is 0.519 bits per heavy atom. The van der Waals surface area contributed by atoms with Gasteiger partial charge in [0.15, 0.2) is 23.0 Å². The van der Waals surface area contributed by atoms with Crippen LogP contribution in [0.15, 0.2) is 86.0 Å². The molecule has 0 amide bonds. The molecule has 0 heterocycles. The molecule has 0 saturated carbocycles. The topological polar surface area (TPSA) is 124 Å². The fourth-order valence-electron chi connectivity index (χ4n) is 4.75. The molecule has 0 radical (unpaired) electrons. The van der Waals surface area contributed by atoms with Crippen molar-refractivity contribution in [2.45, 2.75) is 90.9 Å². The van der Waals surface area contributed by atoms with Crippen molar-refractivity contribution < 1.29 is 47.6 Å². The monoisotopic (exact) mass is 714 g/mol. The van der Waals surface area contributed by atoms with E-state index in [-0.39, 0.29) is 47.0 Å². The number of carbonyl (C=O) groups excluding carboxylic acids is 4. The molecule has 0 saturated heterocycles.